The minimum atomic E-state index is -3.55. The third-order valence-electron chi connectivity index (χ3n) is 6.12. The van der Waals surface area contributed by atoms with Crippen molar-refractivity contribution in [3.05, 3.63) is 64.7 Å². The number of amides is 1. The first-order valence-electron chi connectivity index (χ1n) is 11.1. The second-order valence-corrected chi connectivity index (χ2v) is 10.7. The van der Waals surface area contributed by atoms with E-state index >= 15 is 0 Å². The average Bonchev–Trinajstić information content (AvgIpc) is 2.72. The van der Waals surface area contributed by atoms with Gasteiger partial charge in [0.15, 0.2) is 0 Å². The van der Waals surface area contributed by atoms with Crippen molar-refractivity contribution in [2.75, 3.05) is 13.1 Å². The van der Waals surface area contributed by atoms with Gasteiger partial charge in [-0.3, -0.25) is 4.79 Å². The Morgan fingerprint density at radius 3 is 2.23 bits per heavy atom. The highest BCUT2D eigenvalue weighted by Gasteiger charge is 2.33. The molecular formula is C25H34N2O3S. The van der Waals surface area contributed by atoms with Crippen LogP contribution in [0.15, 0.2) is 47.4 Å². The number of aryl methyl sites for hydroxylation is 4. The van der Waals surface area contributed by atoms with Crippen molar-refractivity contribution in [2.45, 2.75) is 64.3 Å². The van der Waals surface area contributed by atoms with E-state index in [9.17, 15) is 13.2 Å². The molecular weight excluding hydrogens is 408 g/mol. The van der Waals surface area contributed by atoms with Crippen LogP contribution >= 0.6 is 0 Å². The summed E-state index contributed by atoms with van der Waals surface area (Å²) in [5.74, 6) is -0.0915. The molecule has 6 heteroatoms. The molecule has 31 heavy (non-hydrogen) atoms. The van der Waals surface area contributed by atoms with E-state index < -0.39 is 10.0 Å². The molecule has 2 aromatic carbocycles. The highest BCUT2D eigenvalue weighted by molar-refractivity contribution is 7.89. The Labute approximate surface area is 186 Å². The van der Waals surface area contributed by atoms with Gasteiger partial charge < -0.3 is 5.32 Å². The molecule has 2 aromatic rings. The Morgan fingerprint density at radius 2 is 1.65 bits per heavy atom. The number of carbonyl (C=O) groups is 1. The van der Waals surface area contributed by atoms with Crippen molar-refractivity contribution in [3.8, 4) is 0 Å². The third kappa shape index (κ3) is 5.74. The van der Waals surface area contributed by atoms with Crippen LogP contribution in [0.1, 0.15) is 48.4 Å². The summed E-state index contributed by atoms with van der Waals surface area (Å²) in [6.45, 7) is 8.47. The zero-order valence-electron chi connectivity index (χ0n) is 19.0. The van der Waals surface area contributed by atoms with Crippen LogP contribution in [0.25, 0.3) is 0 Å². The van der Waals surface area contributed by atoms with E-state index in [4.69, 9.17) is 0 Å². The largest absolute Gasteiger partial charge is 0.353 e. The van der Waals surface area contributed by atoms with E-state index in [-0.39, 0.29) is 17.9 Å². The number of benzene rings is 2. The van der Waals surface area contributed by atoms with E-state index in [1.165, 1.54) is 5.56 Å². The minimum absolute atomic E-state index is 0.0420. The molecule has 5 nitrogen and oxygen atoms in total. The van der Waals surface area contributed by atoms with Crippen molar-refractivity contribution in [1.82, 2.24) is 9.62 Å². The summed E-state index contributed by atoms with van der Waals surface area (Å²) in [6, 6.07) is 14.2. The summed E-state index contributed by atoms with van der Waals surface area (Å²) in [5.41, 5.74) is 3.89. The number of rotatable bonds is 7. The fourth-order valence-electron chi connectivity index (χ4n) is 4.52. The molecule has 0 aliphatic carbocycles. The fraction of sp³-hybridized carbons (Fsp3) is 0.480. The van der Waals surface area contributed by atoms with Crippen LogP contribution in [-0.2, 0) is 21.2 Å². The van der Waals surface area contributed by atoms with Gasteiger partial charge in [0.1, 0.15) is 0 Å². The fourth-order valence-corrected chi connectivity index (χ4v) is 6.40. The molecule has 0 unspecified atom stereocenters. The van der Waals surface area contributed by atoms with Gasteiger partial charge in [-0.1, -0.05) is 48.0 Å². The van der Waals surface area contributed by atoms with Crippen molar-refractivity contribution in [2.24, 2.45) is 5.92 Å². The highest BCUT2D eigenvalue weighted by Crippen LogP contribution is 2.29. The van der Waals surface area contributed by atoms with Gasteiger partial charge in [0, 0.05) is 25.0 Å². The van der Waals surface area contributed by atoms with E-state index in [0.29, 0.717) is 30.8 Å². The maximum atomic E-state index is 13.2. The summed E-state index contributed by atoms with van der Waals surface area (Å²) in [7, 11) is -3.55. The summed E-state index contributed by atoms with van der Waals surface area (Å²) >= 11 is 0. The Morgan fingerprint density at radius 1 is 1.06 bits per heavy atom. The van der Waals surface area contributed by atoms with E-state index in [2.05, 4.69) is 17.4 Å². The number of carbonyl (C=O) groups excluding carboxylic acids is 1. The monoisotopic (exact) mass is 442 g/mol. The lowest BCUT2D eigenvalue weighted by atomic mass is 9.96. The minimum Gasteiger partial charge on any atom is -0.353 e. The molecule has 0 radical (unpaired) electrons. The number of hydrogen-bond acceptors (Lipinski definition) is 3. The summed E-state index contributed by atoms with van der Waals surface area (Å²) in [6.07, 6.45) is 2.92. The second kappa shape index (κ2) is 9.96. The van der Waals surface area contributed by atoms with Crippen LogP contribution in [0.3, 0.4) is 0 Å². The molecule has 1 atom stereocenters. The van der Waals surface area contributed by atoms with Gasteiger partial charge in [-0.25, -0.2) is 8.42 Å². The van der Waals surface area contributed by atoms with Crippen LogP contribution in [0, 0.1) is 26.7 Å². The molecule has 1 N–H and O–H groups in total. The molecule has 0 spiro atoms. The molecule has 1 amide bonds. The first kappa shape index (κ1) is 23.5. The van der Waals surface area contributed by atoms with Gasteiger partial charge in [-0.15, -0.1) is 0 Å². The van der Waals surface area contributed by atoms with Crippen LogP contribution in [-0.4, -0.2) is 37.8 Å². The van der Waals surface area contributed by atoms with Crippen molar-refractivity contribution in [1.29, 1.82) is 0 Å². The summed E-state index contributed by atoms with van der Waals surface area (Å²) < 4.78 is 28.0. The number of piperidine rings is 1. The smallest absolute Gasteiger partial charge is 0.243 e. The zero-order chi connectivity index (χ0) is 22.6. The Balaban J connectivity index is 1.54. The van der Waals surface area contributed by atoms with Gasteiger partial charge in [0.25, 0.3) is 0 Å². The molecule has 168 valence electrons. The summed E-state index contributed by atoms with van der Waals surface area (Å²) in [5, 5.41) is 3.12. The van der Waals surface area contributed by atoms with Crippen LogP contribution in [0.4, 0.5) is 0 Å². The summed E-state index contributed by atoms with van der Waals surface area (Å²) in [4.78, 5) is 13.1. The first-order chi connectivity index (χ1) is 14.7. The molecule has 1 aliphatic rings. The Kier molecular flexibility index (Phi) is 7.55. The van der Waals surface area contributed by atoms with Crippen molar-refractivity contribution in [3.63, 3.8) is 0 Å². The Hall–Kier alpha value is -2.18. The molecule has 1 fully saturated rings. The van der Waals surface area contributed by atoms with E-state index in [1.54, 1.807) is 4.31 Å². The first-order valence-corrected chi connectivity index (χ1v) is 12.5. The van der Waals surface area contributed by atoms with Gasteiger partial charge in [0.2, 0.25) is 15.9 Å². The topological polar surface area (TPSA) is 66.5 Å². The number of nitrogens with one attached hydrogen (secondary N) is 1. The molecule has 1 heterocycles. The second-order valence-electron chi connectivity index (χ2n) is 8.84. The Bertz CT molecular complexity index is 987. The average molecular weight is 443 g/mol. The molecule has 0 saturated carbocycles. The quantitative estimate of drug-likeness (QED) is 0.700. The van der Waals surface area contributed by atoms with Crippen molar-refractivity contribution >= 4 is 15.9 Å². The van der Waals surface area contributed by atoms with E-state index in [0.717, 1.165) is 29.5 Å². The van der Waals surface area contributed by atoms with Crippen LogP contribution in [0.5, 0.6) is 0 Å². The lowest BCUT2D eigenvalue weighted by molar-refractivity contribution is -0.126. The maximum absolute atomic E-state index is 13.2. The number of hydrogen-bond donors (Lipinski definition) is 1. The van der Waals surface area contributed by atoms with Crippen LogP contribution in [0.2, 0.25) is 0 Å². The molecule has 0 aromatic heterocycles. The molecule has 0 bridgehead atoms. The molecule has 3 rings (SSSR count). The number of nitrogens with zero attached hydrogens (tertiary/aromatic N) is 1. The predicted octanol–water partition coefficient (Wildman–Crippen LogP) is 4.15. The lowest BCUT2D eigenvalue weighted by Gasteiger charge is -2.32. The number of sulfonamides is 1. The third-order valence-corrected chi connectivity index (χ3v) is 8.33. The molecule has 1 aliphatic heterocycles. The van der Waals surface area contributed by atoms with Gasteiger partial charge >= 0.3 is 0 Å². The van der Waals surface area contributed by atoms with Gasteiger partial charge in [-0.2, -0.15) is 4.31 Å². The normalized spacial score (nSPS) is 16.8. The zero-order valence-corrected chi connectivity index (χ0v) is 19.8. The van der Waals surface area contributed by atoms with Crippen molar-refractivity contribution < 1.29 is 13.2 Å². The lowest BCUT2D eigenvalue weighted by Crippen LogP contribution is -2.45. The SMILES string of the molecule is Cc1cc(C)c(S(=O)(=O)N2CCC(C(=O)N[C@H](C)CCc3ccccc3)CC2)c(C)c1. The van der Waals surface area contributed by atoms with Gasteiger partial charge in [-0.05, 0) is 70.1 Å². The molecule has 1 saturated heterocycles. The van der Waals surface area contributed by atoms with Crippen LogP contribution < -0.4 is 5.32 Å². The predicted molar refractivity (Wildman–Crippen MR) is 125 cm³/mol. The highest BCUT2D eigenvalue weighted by atomic mass is 32.2. The maximum Gasteiger partial charge on any atom is 0.243 e. The van der Waals surface area contributed by atoms with E-state index in [1.807, 2.05) is 58.0 Å². The van der Waals surface area contributed by atoms with Gasteiger partial charge in [0.05, 0.1) is 4.90 Å². The standard InChI is InChI=1S/C25H34N2O3S/c1-18-16-19(2)24(20(3)17-18)31(29,30)27-14-12-23(13-15-27)25(28)26-21(4)10-11-22-8-6-5-7-9-22/h5-9,16-17,21,23H,10-15H2,1-4H3,(H,26,28)/t21-/m1/s1.